The van der Waals surface area contributed by atoms with Gasteiger partial charge in [0.15, 0.2) is 5.88 Å². The van der Waals surface area contributed by atoms with Gasteiger partial charge in [-0.2, -0.15) is 10.4 Å². The van der Waals surface area contributed by atoms with Crippen LogP contribution in [0.1, 0.15) is 21.7 Å². The van der Waals surface area contributed by atoms with Gasteiger partial charge in [-0.1, -0.05) is 0 Å². The van der Waals surface area contributed by atoms with E-state index < -0.39 is 11.7 Å². The maximum absolute atomic E-state index is 13.6. The highest BCUT2D eigenvalue weighted by Crippen LogP contribution is 2.14. The van der Waals surface area contributed by atoms with Gasteiger partial charge in [-0.3, -0.25) is 4.79 Å². The van der Waals surface area contributed by atoms with Crippen molar-refractivity contribution in [3.05, 3.63) is 53.0 Å². The maximum atomic E-state index is 13.6. The zero-order valence-electron chi connectivity index (χ0n) is 12.0. The Kier molecular flexibility index (Phi) is 4.53. The van der Waals surface area contributed by atoms with E-state index in [-0.39, 0.29) is 11.1 Å². The lowest BCUT2D eigenvalue weighted by Gasteiger charge is -2.05. The number of carbonyl (C=O) groups is 1. The molecule has 0 unspecified atom stereocenters. The Balaban J connectivity index is 2.03. The second-order valence-corrected chi connectivity index (χ2v) is 4.58. The third-order valence-electron chi connectivity index (χ3n) is 2.75. The Hall–Kier alpha value is -3.14. The van der Waals surface area contributed by atoms with Crippen LogP contribution in [0.3, 0.4) is 0 Å². The molecule has 2 rings (SSSR count). The molecule has 1 N–H and O–H groups in total. The molecule has 1 aromatic carbocycles. The first-order valence-electron chi connectivity index (χ1n) is 6.31. The van der Waals surface area contributed by atoms with E-state index in [0.717, 1.165) is 6.07 Å². The van der Waals surface area contributed by atoms with Crippen LogP contribution in [0.15, 0.2) is 39.9 Å². The van der Waals surface area contributed by atoms with E-state index >= 15 is 0 Å². The molecular formula is C15H13FN4O2. The molecule has 0 saturated heterocycles. The molecule has 0 bridgehead atoms. The Bertz CT molecular complexity index is 759. The predicted octanol–water partition coefficient (Wildman–Crippen LogP) is 2.12. The third kappa shape index (κ3) is 3.49. The summed E-state index contributed by atoms with van der Waals surface area (Å²) in [7, 11) is 3.66. The van der Waals surface area contributed by atoms with E-state index in [1.165, 1.54) is 18.3 Å². The van der Waals surface area contributed by atoms with Gasteiger partial charge >= 0.3 is 0 Å². The number of hydrogen-bond donors (Lipinski definition) is 1. The van der Waals surface area contributed by atoms with Gasteiger partial charge in [0, 0.05) is 20.2 Å². The van der Waals surface area contributed by atoms with Crippen LogP contribution in [-0.2, 0) is 0 Å². The van der Waals surface area contributed by atoms with Gasteiger partial charge < -0.3 is 9.32 Å². The summed E-state index contributed by atoms with van der Waals surface area (Å²) < 4.78 is 19.0. The summed E-state index contributed by atoms with van der Waals surface area (Å²) in [6, 6.07) is 8.82. The van der Waals surface area contributed by atoms with Crippen molar-refractivity contribution < 1.29 is 13.6 Å². The number of nitriles is 1. The Morgan fingerprint density at radius 3 is 2.77 bits per heavy atom. The molecule has 0 aliphatic carbocycles. The van der Waals surface area contributed by atoms with Crippen LogP contribution in [0.5, 0.6) is 0 Å². The lowest BCUT2D eigenvalue weighted by molar-refractivity contribution is 0.0951. The van der Waals surface area contributed by atoms with Crippen LogP contribution in [-0.4, -0.2) is 26.2 Å². The number of hydrazone groups is 1. The predicted molar refractivity (Wildman–Crippen MR) is 79.2 cm³/mol. The molecular weight excluding hydrogens is 287 g/mol. The first kappa shape index (κ1) is 15.3. The summed E-state index contributed by atoms with van der Waals surface area (Å²) in [4.78, 5) is 13.6. The topological polar surface area (TPSA) is 81.6 Å². The fourth-order valence-electron chi connectivity index (χ4n) is 1.64. The van der Waals surface area contributed by atoms with Crippen LogP contribution in [0.4, 0.5) is 10.3 Å². The standard InChI is InChI=1S/C15H13FN4O2/c1-20(2)14-6-4-11(22-14)9-18-19-15(21)12-5-3-10(8-17)7-13(12)16/h3-7,9H,1-2H3,(H,19,21). The SMILES string of the molecule is CN(C)c1ccc(C=NNC(=O)c2ccc(C#N)cc2F)o1. The van der Waals surface area contributed by atoms with Crippen molar-refractivity contribution in [3.8, 4) is 6.07 Å². The first-order chi connectivity index (χ1) is 10.5. The fourth-order valence-corrected chi connectivity index (χ4v) is 1.64. The van der Waals surface area contributed by atoms with Gasteiger partial charge in [0.1, 0.15) is 11.6 Å². The molecule has 2 aromatic rings. The number of rotatable bonds is 4. The summed E-state index contributed by atoms with van der Waals surface area (Å²) in [5.74, 6) is -0.396. The average molecular weight is 300 g/mol. The van der Waals surface area contributed by atoms with E-state index in [1.54, 1.807) is 23.1 Å². The Morgan fingerprint density at radius 1 is 1.41 bits per heavy atom. The fraction of sp³-hybridized carbons (Fsp3) is 0.133. The molecule has 112 valence electrons. The van der Waals surface area contributed by atoms with Gasteiger partial charge in [0.05, 0.1) is 23.4 Å². The van der Waals surface area contributed by atoms with Crippen molar-refractivity contribution in [1.82, 2.24) is 5.43 Å². The van der Waals surface area contributed by atoms with Crippen molar-refractivity contribution in [1.29, 1.82) is 5.26 Å². The minimum atomic E-state index is -0.778. The Morgan fingerprint density at radius 2 is 2.18 bits per heavy atom. The Labute approximate surface area is 126 Å². The lowest BCUT2D eigenvalue weighted by atomic mass is 10.1. The number of anilines is 1. The van der Waals surface area contributed by atoms with Crippen molar-refractivity contribution in [2.75, 3.05) is 19.0 Å². The van der Waals surface area contributed by atoms with Gasteiger partial charge in [-0.25, -0.2) is 9.82 Å². The van der Waals surface area contributed by atoms with E-state index in [0.29, 0.717) is 11.6 Å². The summed E-state index contributed by atoms with van der Waals surface area (Å²) in [5, 5.41) is 12.4. The normalized spacial score (nSPS) is 10.5. The monoisotopic (exact) mass is 300 g/mol. The van der Waals surface area contributed by atoms with Crippen molar-refractivity contribution in [2.24, 2.45) is 5.10 Å². The summed E-state index contributed by atoms with van der Waals surface area (Å²) in [6.45, 7) is 0. The highest BCUT2D eigenvalue weighted by molar-refractivity contribution is 5.95. The molecule has 0 atom stereocenters. The van der Waals surface area contributed by atoms with Crippen LogP contribution in [0, 0.1) is 17.1 Å². The van der Waals surface area contributed by atoms with Gasteiger partial charge in [0.2, 0.25) is 0 Å². The molecule has 0 saturated carbocycles. The molecule has 0 spiro atoms. The molecule has 1 heterocycles. The zero-order valence-corrected chi connectivity index (χ0v) is 12.0. The molecule has 0 radical (unpaired) electrons. The third-order valence-corrected chi connectivity index (χ3v) is 2.75. The number of benzene rings is 1. The number of halogens is 1. The van der Waals surface area contributed by atoms with Crippen LogP contribution < -0.4 is 10.3 Å². The highest BCUT2D eigenvalue weighted by atomic mass is 19.1. The maximum Gasteiger partial charge on any atom is 0.274 e. The molecule has 0 fully saturated rings. The van der Waals surface area contributed by atoms with Crippen molar-refractivity contribution in [2.45, 2.75) is 0 Å². The summed E-state index contributed by atoms with van der Waals surface area (Å²) in [5.41, 5.74) is 2.15. The summed E-state index contributed by atoms with van der Waals surface area (Å²) in [6.07, 6.45) is 1.31. The van der Waals surface area contributed by atoms with E-state index in [9.17, 15) is 9.18 Å². The quantitative estimate of drug-likeness (QED) is 0.692. The largest absolute Gasteiger partial charge is 0.440 e. The van der Waals surface area contributed by atoms with Crippen LogP contribution in [0.25, 0.3) is 0 Å². The minimum Gasteiger partial charge on any atom is -0.440 e. The number of nitrogens with zero attached hydrogens (tertiary/aromatic N) is 3. The van der Waals surface area contributed by atoms with Crippen LogP contribution in [0.2, 0.25) is 0 Å². The van der Waals surface area contributed by atoms with Crippen molar-refractivity contribution in [3.63, 3.8) is 0 Å². The second kappa shape index (κ2) is 6.54. The van der Waals surface area contributed by atoms with E-state index in [4.69, 9.17) is 9.68 Å². The minimum absolute atomic E-state index is 0.143. The molecule has 0 aliphatic heterocycles. The molecule has 1 aromatic heterocycles. The summed E-state index contributed by atoms with van der Waals surface area (Å²) >= 11 is 0. The molecule has 0 aliphatic rings. The number of furan rings is 1. The average Bonchev–Trinajstić information content (AvgIpc) is 2.96. The second-order valence-electron chi connectivity index (χ2n) is 4.58. The molecule has 22 heavy (non-hydrogen) atoms. The molecule has 1 amide bonds. The van der Waals surface area contributed by atoms with Gasteiger partial charge in [-0.05, 0) is 24.3 Å². The van der Waals surface area contributed by atoms with E-state index in [1.807, 2.05) is 14.1 Å². The number of hydrogen-bond acceptors (Lipinski definition) is 5. The smallest absolute Gasteiger partial charge is 0.274 e. The number of carbonyl (C=O) groups excluding carboxylic acids is 1. The number of nitrogens with one attached hydrogen (secondary N) is 1. The highest BCUT2D eigenvalue weighted by Gasteiger charge is 2.11. The van der Waals surface area contributed by atoms with Gasteiger partial charge in [-0.15, -0.1) is 0 Å². The van der Waals surface area contributed by atoms with E-state index in [2.05, 4.69) is 10.5 Å². The molecule has 7 heteroatoms. The van der Waals surface area contributed by atoms with Gasteiger partial charge in [0.25, 0.3) is 5.91 Å². The van der Waals surface area contributed by atoms with Crippen molar-refractivity contribution >= 4 is 18.0 Å². The first-order valence-corrected chi connectivity index (χ1v) is 6.31. The number of amides is 1. The van der Waals surface area contributed by atoms with Crippen LogP contribution >= 0.6 is 0 Å². The molecule has 6 nitrogen and oxygen atoms in total. The lowest BCUT2D eigenvalue weighted by Crippen LogP contribution is -2.19. The zero-order chi connectivity index (χ0) is 16.1.